The number of benzene rings is 2. The van der Waals surface area contributed by atoms with E-state index in [1.165, 1.54) is 5.56 Å². The molecule has 0 radical (unpaired) electrons. The van der Waals surface area contributed by atoms with Crippen LogP contribution < -0.4 is 4.74 Å². The maximum absolute atomic E-state index is 6.14. The van der Waals surface area contributed by atoms with E-state index in [1.54, 1.807) is 7.11 Å². The summed E-state index contributed by atoms with van der Waals surface area (Å²) < 4.78 is 5.15. The minimum absolute atomic E-state index is 0.580. The van der Waals surface area contributed by atoms with Crippen LogP contribution in [0, 0.1) is 6.92 Å². The molecule has 4 heteroatoms. The number of imidazole rings is 1. The van der Waals surface area contributed by atoms with Crippen LogP contribution in [0.4, 0.5) is 0 Å². The Kier molecular flexibility index (Phi) is 2.91. The van der Waals surface area contributed by atoms with Crippen molar-refractivity contribution >= 4 is 22.6 Å². The van der Waals surface area contributed by atoms with Crippen molar-refractivity contribution in [2.75, 3.05) is 7.11 Å². The van der Waals surface area contributed by atoms with Crippen LogP contribution in [-0.4, -0.2) is 17.1 Å². The number of aromatic amines is 1. The van der Waals surface area contributed by atoms with Crippen LogP contribution in [0.1, 0.15) is 5.56 Å². The SMILES string of the molecule is COc1ccc(-c2nc3ccc(C)cc3[nH]2)cc1Cl. The Balaban J connectivity index is 2.11. The molecule has 0 aliphatic carbocycles. The first-order valence-electron chi connectivity index (χ1n) is 5.97. The van der Waals surface area contributed by atoms with Crippen LogP contribution in [0.3, 0.4) is 0 Å². The highest BCUT2D eigenvalue weighted by Gasteiger charge is 2.08. The molecule has 1 N–H and O–H groups in total. The standard InChI is InChI=1S/C15H13ClN2O/c1-9-3-5-12-13(7-9)18-15(17-12)10-4-6-14(19-2)11(16)8-10/h3-8H,1-2H3,(H,17,18). The number of methoxy groups -OCH3 is 1. The Bertz CT molecular complexity index is 749. The first kappa shape index (κ1) is 12.1. The Morgan fingerprint density at radius 3 is 2.74 bits per heavy atom. The summed E-state index contributed by atoms with van der Waals surface area (Å²) in [6.45, 7) is 2.06. The highest BCUT2D eigenvalue weighted by Crippen LogP contribution is 2.29. The van der Waals surface area contributed by atoms with Crippen molar-refractivity contribution in [3.8, 4) is 17.1 Å². The van der Waals surface area contributed by atoms with Crippen molar-refractivity contribution in [2.24, 2.45) is 0 Å². The molecule has 0 atom stereocenters. The predicted octanol–water partition coefficient (Wildman–Crippen LogP) is 4.20. The Morgan fingerprint density at radius 2 is 2.00 bits per heavy atom. The van der Waals surface area contributed by atoms with E-state index in [0.717, 1.165) is 22.4 Å². The molecule has 1 aromatic heterocycles. The summed E-state index contributed by atoms with van der Waals surface area (Å²) in [7, 11) is 1.60. The van der Waals surface area contributed by atoms with Crippen molar-refractivity contribution in [3.63, 3.8) is 0 Å². The molecule has 0 bridgehead atoms. The molecule has 0 saturated carbocycles. The number of H-pyrrole nitrogens is 1. The highest BCUT2D eigenvalue weighted by molar-refractivity contribution is 6.32. The van der Waals surface area contributed by atoms with E-state index in [9.17, 15) is 0 Å². The van der Waals surface area contributed by atoms with Crippen molar-refractivity contribution in [3.05, 3.63) is 47.0 Å². The van der Waals surface area contributed by atoms with E-state index >= 15 is 0 Å². The summed E-state index contributed by atoms with van der Waals surface area (Å²) in [5.41, 5.74) is 4.13. The normalized spacial score (nSPS) is 10.9. The first-order chi connectivity index (χ1) is 9.17. The minimum Gasteiger partial charge on any atom is -0.495 e. The number of fused-ring (bicyclic) bond motifs is 1. The zero-order valence-corrected chi connectivity index (χ0v) is 11.5. The number of hydrogen-bond donors (Lipinski definition) is 1. The molecule has 0 aliphatic rings. The molecule has 1 heterocycles. The van der Waals surface area contributed by atoms with Crippen molar-refractivity contribution in [2.45, 2.75) is 6.92 Å². The van der Waals surface area contributed by atoms with Gasteiger partial charge in [0.05, 0.1) is 23.2 Å². The second kappa shape index (κ2) is 4.59. The molecule has 3 nitrogen and oxygen atoms in total. The average Bonchev–Trinajstić information content (AvgIpc) is 2.81. The molecule has 0 saturated heterocycles. The molecule has 19 heavy (non-hydrogen) atoms. The molecule has 96 valence electrons. The second-order valence-corrected chi connectivity index (χ2v) is 4.86. The Labute approximate surface area is 116 Å². The Morgan fingerprint density at radius 1 is 1.16 bits per heavy atom. The van der Waals surface area contributed by atoms with Crippen LogP contribution in [0.25, 0.3) is 22.4 Å². The molecular weight excluding hydrogens is 260 g/mol. The van der Waals surface area contributed by atoms with Gasteiger partial charge in [-0.05, 0) is 42.8 Å². The summed E-state index contributed by atoms with van der Waals surface area (Å²) in [5, 5.41) is 0.580. The molecule has 0 aliphatic heterocycles. The van der Waals surface area contributed by atoms with Gasteiger partial charge in [0.2, 0.25) is 0 Å². The lowest BCUT2D eigenvalue weighted by atomic mass is 10.2. The van der Waals surface area contributed by atoms with Crippen molar-refractivity contribution in [1.82, 2.24) is 9.97 Å². The van der Waals surface area contributed by atoms with Crippen LogP contribution >= 0.6 is 11.6 Å². The van der Waals surface area contributed by atoms with E-state index < -0.39 is 0 Å². The van der Waals surface area contributed by atoms with Gasteiger partial charge < -0.3 is 9.72 Å². The Hall–Kier alpha value is -2.00. The van der Waals surface area contributed by atoms with Crippen molar-refractivity contribution < 1.29 is 4.74 Å². The van der Waals surface area contributed by atoms with Gasteiger partial charge >= 0.3 is 0 Å². The van der Waals surface area contributed by atoms with Crippen LogP contribution in [0.5, 0.6) is 5.75 Å². The van der Waals surface area contributed by atoms with Crippen LogP contribution in [-0.2, 0) is 0 Å². The molecule has 0 spiro atoms. The number of hydrogen-bond acceptors (Lipinski definition) is 2. The lowest BCUT2D eigenvalue weighted by Gasteiger charge is -2.03. The fourth-order valence-corrected chi connectivity index (χ4v) is 2.33. The van der Waals surface area contributed by atoms with E-state index in [1.807, 2.05) is 30.3 Å². The number of aromatic nitrogens is 2. The highest BCUT2D eigenvalue weighted by atomic mass is 35.5. The molecule has 3 aromatic rings. The van der Waals surface area contributed by atoms with Gasteiger partial charge in [0.1, 0.15) is 11.6 Å². The third-order valence-electron chi connectivity index (χ3n) is 3.06. The molecule has 0 fully saturated rings. The number of nitrogens with one attached hydrogen (secondary N) is 1. The van der Waals surface area contributed by atoms with Gasteiger partial charge in [0, 0.05) is 5.56 Å². The number of rotatable bonds is 2. The smallest absolute Gasteiger partial charge is 0.138 e. The number of aryl methyl sites for hydroxylation is 1. The fourth-order valence-electron chi connectivity index (χ4n) is 2.07. The van der Waals surface area contributed by atoms with E-state index in [0.29, 0.717) is 10.8 Å². The zero-order chi connectivity index (χ0) is 13.4. The first-order valence-corrected chi connectivity index (χ1v) is 6.35. The van der Waals surface area contributed by atoms with Gasteiger partial charge in [-0.3, -0.25) is 0 Å². The average molecular weight is 273 g/mol. The van der Waals surface area contributed by atoms with E-state index in [4.69, 9.17) is 16.3 Å². The predicted molar refractivity (Wildman–Crippen MR) is 77.8 cm³/mol. The lowest BCUT2D eigenvalue weighted by molar-refractivity contribution is 0.415. The van der Waals surface area contributed by atoms with Gasteiger partial charge in [0.25, 0.3) is 0 Å². The van der Waals surface area contributed by atoms with Crippen molar-refractivity contribution in [1.29, 1.82) is 0 Å². The molecule has 2 aromatic carbocycles. The summed E-state index contributed by atoms with van der Waals surface area (Å²) in [4.78, 5) is 7.87. The summed E-state index contributed by atoms with van der Waals surface area (Å²) in [6, 6.07) is 11.8. The topological polar surface area (TPSA) is 37.9 Å². The maximum atomic E-state index is 6.14. The zero-order valence-electron chi connectivity index (χ0n) is 10.7. The van der Waals surface area contributed by atoms with Gasteiger partial charge in [-0.15, -0.1) is 0 Å². The van der Waals surface area contributed by atoms with Crippen LogP contribution in [0.2, 0.25) is 5.02 Å². The fraction of sp³-hybridized carbons (Fsp3) is 0.133. The number of nitrogens with zero attached hydrogens (tertiary/aromatic N) is 1. The molecule has 0 unspecified atom stereocenters. The van der Waals surface area contributed by atoms with Gasteiger partial charge in [-0.1, -0.05) is 17.7 Å². The van der Waals surface area contributed by atoms with E-state index in [2.05, 4.69) is 23.0 Å². The van der Waals surface area contributed by atoms with Gasteiger partial charge in [-0.25, -0.2) is 4.98 Å². The summed E-state index contributed by atoms with van der Waals surface area (Å²) in [5.74, 6) is 1.47. The maximum Gasteiger partial charge on any atom is 0.138 e. The van der Waals surface area contributed by atoms with E-state index in [-0.39, 0.29) is 0 Å². The van der Waals surface area contributed by atoms with Gasteiger partial charge in [0.15, 0.2) is 0 Å². The van der Waals surface area contributed by atoms with Gasteiger partial charge in [-0.2, -0.15) is 0 Å². The third-order valence-corrected chi connectivity index (χ3v) is 3.36. The molecule has 0 amide bonds. The number of ether oxygens (including phenoxy) is 1. The summed E-state index contributed by atoms with van der Waals surface area (Å²) in [6.07, 6.45) is 0. The quantitative estimate of drug-likeness (QED) is 0.759. The monoisotopic (exact) mass is 272 g/mol. The lowest BCUT2D eigenvalue weighted by Crippen LogP contribution is -1.86. The summed E-state index contributed by atoms with van der Waals surface area (Å²) >= 11 is 6.14. The van der Waals surface area contributed by atoms with Crippen LogP contribution in [0.15, 0.2) is 36.4 Å². The second-order valence-electron chi connectivity index (χ2n) is 4.46. The largest absolute Gasteiger partial charge is 0.495 e. The molecular formula is C15H13ClN2O. The molecule has 3 rings (SSSR count). The minimum atomic E-state index is 0.580. The third kappa shape index (κ3) is 2.17. The number of halogens is 1.